The predicted molar refractivity (Wildman–Crippen MR) is 69.6 cm³/mol. The maximum Gasteiger partial charge on any atom is 0.336 e. The first kappa shape index (κ1) is 14.8. The highest BCUT2D eigenvalue weighted by Gasteiger charge is 2.27. The Balaban J connectivity index is 2.86. The van der Waals surface area contributed by atoms with Crippen LogP contribution in [0.2, 0.25) is 0 Å². The van der Waals surface area contributed by atoms with Crippen molar-refractivity contribution >= 4 is 18.9 Å². The van der Waals surface area contributed by atoms with Crippen molar-refractivity contribution in [3.63, 3.8) is 0 Å². The molecule has 0 saturated carbocycles. The van der Waals surface area contributed by atoms with Gasteiger partial charge in [-0.3, -0.25) is 4.57 Å². The topological polar surface area (TPSA) is 48.4 Å². The fraction of sp³-hybridized carbons (Fsp3) is 0.727. The van der Waals surface area contributed by atoms with Gasteiger partial charge in [-0.1, -0.05) is 13.8 Å². The minimum Gasteiger partial charge on any atom is -0.309 e. The minimum atomic E-state index is -3.05. The van der Waals surface area contributed by atoms with Crippen LogP contribution in [0.25, 0.3) is 0 Å². The zero-order chi connectivity index (χ0) is 12.9. The average Bonchev–Trinajstić information content (AvgIpc) is 2.66. The molecule has 6 heteroatoms. The fourth-order valence-corrected chi connectivity index (χ4v) is 4.00. The van der Waals surface area contributed by atoms with E-state index in [0.29, 0.717) is 19.1 Å². The lowest BCUT2D eigenvalue weighted by Gasteiger charge is -2.17. The van der Waals surface area contributed by atoms with E-state index in [1.807, 2.05) is 13.8 Å². The van der Waals surface area contributed by atoms with Crippen LogP contribution in [0.3, 0.4) is 0 Å². The van der Waals surface area contributed by atoms with Crippen LogP contribution in [-0.4, -0.2) is 18.2 Å². The number of aromatic nitrogens is 1. The summed E-state index contributed by atoms with van der Waals surface area (Å²) in [6, 6.07) is 0. The lowest BCUT2D eigenvalue weighted by Crippen LogP contribution is -2.01. The molecule has 0 spiro atoms. The maximum absolute atomic E-state index is 12.4. The molecule has 1 rings (SSSR count). The van der Waals surface area contributed by atoms with E-state index in [2.05, 4.69) is 24.3 Å². The van der Waals surface area contributed by atoms with Crippen LogP contribution in [0.15, 0.2) is 0 Å². The summed E-state index contributed by atoms with van der Waals surface area (Å²) in [4.78, 5) is 5.25. The molecule has 0 bridgehead atoms. The first-order valence-corrected chi connectivity index (χ1v) is 8.30. The van der Waals surface area contributed by atoms with Crippen molar-refractivity contribution in [3.8, 4) is 0 Å². The van der Waals surface area contributed by atoms with Gasteiger partial charge in [0, 0.05) is 4.88 Å². The first-order chi connectivity index (χ1) is 8.02. The Bertz CT molecular complexity index is 382. The molecule has 0 aromatic carbocycles. The summed E-state index contributed by atoms with van der Waals surface area (Å²) < 4.78 is 22.9. The highest BCUT2D eigenvalue weighted by molar-refractivity contribution is 7.53. The minimum absolute atomic E-state index is 0.238. The summed E-state index contributed by atoms with van der Waals surface area (Å²) in [6.07, 6.45) is 0.238. The van der Waals surface area contributed by atoms with Gasteiger partial charge in [0.05, 0.1) is 25.1 Å². The smallest absolute Gasteiger partial charge is 0.309 e. The molecule has 1 aromatic rings. The predicted octanol–water partition coefficient (Wildman–Crippen LogP) is 3.83. The molecule has 1 aromatic heterocycles. The van der Waals surface area contributed by atoms with Gasteiger partial charge in [-0.25, -0.2) is 4.98 Å². The number of nitrogens with zero attached hydrogens (tertiary/aromatic N) is 1. The molecular weight excluding hydrogens is 257 g/mol. The molecule has 0 amide bonds. The summed E-state index contributed by atoms with van der Waals surface area (Å²) in [6.45, 7) is 8.53. The van der Waals surface area contributed by atoms with E-state index in [9.17, 15) is 4.57 Å². The van der Waals surface area contributed by atoms with Crippen LogP contribution >= 0.6 is 18.9 Å². The van der Waals surface area contributed by atoms with Crippen molar-refractivity contribution in [2.75, 3.05) is 13.2 Å². The fourth-order valence-electron chi connectivity index (χ4n) is 1.51. The Hall–Kier alpha value is -0.220. The van der Waals surface area contributed by atoms with E-state index in [1.165, 1.54) is 11.3 Å². The summed E-state index contributed by atoms with van der Waals surface area (Å²) >= 11 is 1.47. The summed E-state index contributed by atoms with van der Waals surface area (Å²) in [5.41, 5.74) is 3.63. The first-order valence-electron chi connectivity index (χ1n) is 5.76. The average molecular weight is 276 g/mol. The van der Waals surface area contributed by atoms with Crippen molar-refractivity contribution in [1.82, 2.24) is 4.98 Å². The molecule has 0 aliphatic heterocycles. The van der Waals surface area contributed by atoms with Gasteiger partial charge in [0.2, 0.25) is 0 Å². The van der Waals surface area contributed by atoms with Gasteiger partial charge < -0.3 is 9.05 Å². The second-order valence-corrected chi connectivity index (χ2v) is 6.76. The normalized spacial score (nSPS) is 12.3. The SMILES string of the molecule is CCOP(=O)(Cc1n[c]sc1C(C)C)OCC. The lowest BCUT2D eigenvalue weighted by atomic mass is 10.1. The Morgan fingerprint density at radius 1 is 1.35 bits per heavy atom. The van der Waals surface area contributed by atoms with Crippen molar-refractivity contribution < 1.29 is 13.6 Å². The van der Waals surface area contributed by atoms with E-state index < -0.39 is 7.60 Å². The van der Waals surface area contributed by atoms with Crippen LogP contribution in [0.5, 0.6) is 0 Å². The Labute approximate surface area is 107 Å². The van der Waals surface area contributed by atoms with Gasteiger partial charge in [0.25, 0.3) is 0 Å². The molecule has 0 N–H and O–H groups in total. The van der Waals surface area contributed by atoms with Crippen LogP contribution in [0.4, 0.5) is 0 Å². The van der Waals surface area contributed by atoms with E-state index in [1.54, 1.807) is 0 Å². The molecule has 1 radical (unpaired) electrons. The van der Waals surface area contributed by atoms with Crippen molar-refractivity contribution in [2.24, 2.45) is 0 Å². The Kier molecular flexibility index (Phi) is 5.80. The van der Waals surface area contributed by atoms with Gasteiger partial charge in [0.1, 0.15) is 0 Å². The molecule has 0 saturated heterocycles. The van der Waals surface area contributed by atoms with Crippen molar-refractivity contribution in [3.05, 3.63) is 16.1 Å². The van der Waals surface area contributed by atoms with Gasteiger partial charge in [-0.2, -0.15) is 0 Å². The molecule has 17 heavy (non-hydrogen) atoms. The van der Waals surface area contributed by atoms with Crippen LogP contribution < -0.4 is 0 Å². The highest BCUT2D eigenvalue weighted by atomic mass is 32.1. The monoisotopic (exact) mass is 276 g/mol. The number of hydrogen-bond donors (Lipinski definition) is 0. The largest absolute Gasteiger partial charge is 0.336 e. The molecule has 0 fully saturated rings. The van der Waals surface area contributed by atoms with Gasteiger partial charge >= 0.3 is 7.60 Å². The third-order valence-electron chi connectivity index (χ3n) is 2.14. The molecule has 1 heterocycles. The molecule has 0 aliphatic rings. The molecule has 0 atom stereocenters. The second-order valence-electron chi connectivity index (χ2n) is 3.88. The third-order valence-corrected chi connectivity index (χ3v) is 5.24. The van der Waals surface area contributed by atoms with Gasteiger partial charge in [-0.15, -0.1) is 11.3 Å². The van der Waals surface area contributed by atoms with Crippen molar-refractivity contribution in [2.45, 2.75) is 39.8 Å². The molecule has 4 nitrogen and oxygen atoms in total. The zero-order valence-electron chi connectivity index (χ0n) is 10.7. The van der Waals surface area contributed by atoms with E-state index >= 15 is 0 Å². The summed E-state index contributed by atoms with van der Waals surface area (Å²) in [5.74, 6) is 0.352. The third kappa shape index (κ3) is 4.18. The number of rotatable bonds is 7. The molecule has 97 valence electrons. The van der Waals surface area contributed by atoms with Gasteiger partial charge in [0.15, 0.2) is 5.51 Å². The van der Waals surface area contributed by atoms with E-state index in [0.717, 1.165) is 10.6 Å². The maximum atomic E-state index is 12.4. The van der Waals surface area contributed by atoms with Crippen LogP contribution in [0, 0.1) is 5.51 Å². The van der Waals surface area contributed by atoms with Crippen LogP contribution in [-0.2, 0) is 19.8 Å². The number of hydrogen-bond acceptors (Lipinski definition) is 5. The van der Waals surface area contributed by atoms with E-state index in [4.69, 9.17) is 9.05 Å². The second kappa shape index (κ2) is 6.64. The molecular formula is C11H19NO3PS. The Morgan fingerprint density at radius 3 is 2.41 bits per heavy atom. The molecule has 0 unspecified atom stereocenters. The van der Waals surface area contributed by atoms with Crippen LogP contribution in [0.1, 0.15) is 44.2 Å². The summed E-state index contributed by atoms with van der Waals surface area (Å²) in [7, 11) is -3.05. The Morgan fingerprint density at radius 2 is 1.94 bits per heavy atom. The summed E-state index contributed by atoms with van der Waals surface area (Å²) in [5, 5.41) is 0. The molecule has 0 aliphatic carbocycles. The highest BCUT2D eigenvalue weighted by Crippen LogP contribution is 2.52. The zero-order valence-corrected chi connectivity index (χ0v) is 12.4. The number of thiazole rings is 1. The van der Waals surface area contributed by atoms with Crippen molar-refractivity contribution in [1.29, 1.82) is 0 Å². The van der Waals surface area contributed by atoms with Gasteiger partial charge in [-0.05, 0) is 19.8 Å². The lowest BCUT2D eigenvalue weighted by molar-refractivity contribution is 0.219. The van der Waals surface area contributed by atoms with E-state index in [-0.39, 0.29) is 6.16 Å². The standard InChI is InChI=1S/C11H19NO3PS/c1-5-14-16(13,15-6-2)7-10-11(9(3)4)17-8-12-10/h9H,5-7H2,1-4H3. The quantitative estimate of drug-likeness (QED) is 0.710.